The lowest BCUT2D eigenvalue weighted by Crippen LogP contribution is -2.38. The molecular weight excluding hydrogens is 322 g/mol. The van der Waals surface area contributed by atoms with Crippen LogP contribution in [0.3, 0.4) is 0 Å². The second-order valence-electron chi connectivity index (χ2n) is 6.91. The van der Waals surface area contributed by atoms with Crippen LogP contribution in [0.1, 0.15) is 51.2 Å². The van der Waals surface area contributed by atoms with E-state index >= 15 is 0 Å². The van der Waals surface area contributed by atoms with Gasteiger partial charge in [0.2, 0.25) is 0 Å². The highest BCUT2D eigenvalue weighted by Crippen LogP contribution is 2.13. The summed E-state index contributed by atoms with van der Waals surface area (Å²) in [6.45, 7) is 6.92. The Balaban J connectivity index is 2.59. The van der Waals surface area contributed by atoms with Crippen molar-refractivity contribution in [3.63, 3.8) is 0 Å². The van der Waals surface area contributed by atoms with Gasteiger partial charge in [-0.3, -0.25) is 0 Å². The molecule has 5 nitrogen and oxygen atoms in total. The van der Waals surface area contributed by atoms with Gasteiger partial charge in [0.15, 0.2) is 15.8 Å². The first-order chi connectivity index (χ1) is 11.2. The summed E-state index contributed by atoms with van der Waals surface area (Å²) >= 11 is 0. The zero-order valence-electron chi connectivity index (χ0n) is 15.2. The van der Waals surface area contributed by atoms with E-state index in [1.165, 1.54) is 12.7 Å². The van der Waals surface area contributed by atoms with Crippen LogP contribution in [-0.4, -0.2) is 26.7 Å². The monoisotopic (exact) mass is 353 g/mol. The Morgan fingerprint density at radius 1 is 1.17 bits per heavy atom. The molecule has 1 unspecified atom stereocenters. The molecule has 0 aliphatic rings. The summed E-state index contributed by atoms with van der Waals surface area (Å²) in [7, 11) is -3.07. The number of rotatable bonds is 9. The molecule has 0 aliphatic heterocycles. The summed E-state index contributed by atoms with van der Waals surface area (Å²) in [5.41, 5.74) is 7.62. The van der Waals surface area contributed by atoms with Gasteiger partial charge in [-0.2, -0.15) is 0 Å². The topological polar surface area (TPSA) is 84.5 Å². The highest BCUT2D eigenvalue weighted by molar-refractivity contribution is 7.89. The van der Waals surface area contributed by atoms with E-state index in [1.54, 1.807) is 0 Å². The standard InChI is InChI=1S/C18H31N3O2S/c1-14(2)8-7-9-15(3)21-18(19)20-12-16-10-5-6-11-17(16)13-24(4,22)23/h5-6,10-11,14-15H,7-9,12-13H2,1-4H3,(H3,19,20,21). The van der Waals surface area contributed by atoms with Gasteiger partial charge >= 0.3 is 0 Å². The number of nitrogens with one attached hydrogen (secondary N) is 1. The van der Waals surface area contributed by atoms with Gasteiger partial charge < -0.3 is 11.1 Å². The lowest BCUT2D eigenvalue weighted by molar-refractivity contribution is 0.493. The molecule has 1 aromatic rings. The Hall–Kier alpha value is -1.56. The Morgan fingerprint density at radius 2 is 1.79 bits per heavy atom. The molecule has 0 aliphatic carbocycles. The van der Waals surface area contributed by atoms with E-state index < -0.39 is 9.84 Å². The fourth-order valence-corrected chi connectivity index (χ4v) is 3.35. The van der Waals surface area contributed by atoms with E-state index in [0.717, 1.165) is 29.9 Å². The van der Waals surface area contributed by atoms with Crippen LogP contribution in [0.5, 0.6) is 0 Å². The third-order valence-corrected chi connectivity index (χ3v) is 4.60. The van der Waals surface area contributed by atoms with Gasteiger partial charge in [-0.05, 0) is 30.4 Å². The molecular formula is C18H31N3O2S. The Labute approximate surface area is 146 Å². The van der Waals surface area contributed by atoms with Crippen molar-refractivity contribution in [2.75, 3.05) is 6.26 Å². The molecule has 0 spiro atoms. The average molecular weight is 354 g/mol. The predicted molar refractivity (Wildman–Crippen MR) is 102 cm³/mol. The number of hydrogen-bond acceptors (Lipinski definition) is 3. The molecule has 0 saturated heterocycles. The molecule has 1 atom stereocenters. The summed E-state index contributed by atoms with van der Waals surface area (Å²) in [4.78, 5) is 4.36. The first-order valence-electron chi connectivity index (χ1n) is 8.48. The van der Waals surface area contributed by atoms with Crippen molar-refractivity contribution in [1.29, 1.82) is 0 Å². The number of benzene rings is 1. The Kier molecular flexibility index (Phi) is 8.25. The van der Waals surface area contributed by atoms with Crippen LogP contribution in [-0.2, 0) is 22.1 Å². The number of guanidine groups is 1. The second-order valence-corrected chi connectivity index (χ2v) is 9.05. The average Bonchev–Trinajstić information content (AvgIpc) is 2.44. The van der Waals surface area contributed by atoms with Gasteiger partial charge in [-0.25, -0.2) is 13.4 Å². The first kappa shape index (κ1) is 20.5. The van der Waals surface area contributed by atoms with E-state index in [0.29, 0.717) is 12.5 Å². The maximum Gasteiger partial charge on any atom is 0.189 e. The van der Waals surface area contributed by atoms with Crippen molar-refractivity contribution in [3.8, 4) is 0 Å². The zero-order chi connectivity index (χ0) is 18.2. The van der Waals surface area contributed by atoms with Crippen LogP contribution in [0.25, 0.3) is 0 Å². The quantitative estimate of drug-likeness (QED) is 0.528. The summed E-state index contributed by atoms with van der Waals surface area (Å²) in [6.07, 6.45) is 4.67. The van der Waals surface area contributed by atoms with Gasteiger partial charge in [-0.1, -0.05) is 51.0 Å². The molecule has 136 valence electrons. The Bertz CT molecular complexity index is 639. The predicted octanol–water partition coefficient (Wildman–Crippen LogP) is 2.85. The molecule has 3 N–H and O–H groups in total. The van der Waals surface area contributed by atoms with Gasteiger partial charge in [0.05, 0.1) is 12.3 Å². The summed E-state index contributed by atoms with van der Waals surface area (Å²) in [5, 5.41) is 3.20. The molecule has 1 rings (SSSR count). The van der Waals surface area contributed by atoms with Crippen molar-refractivity contribution < 1.29 is 8.42 Å². The van der Waals surface area contributed by atoms with E-state index in [9.17, 15) is 8.42 Å². The maximum atomic E-state index is 11.5. The SMILES string of the molecule is CC(C)CCCC(C)NC(N)=NCc1ccccc1CS(C)(=O)=O. The van der Waals surface area contributed by atoms with Crippen molar-refractivity contribution in [3.05, 3.63) is 35.4 Å². The number of nitrogens with two attached hydrogens (primary N) is 1. The molecule has 0 aromatic heterocycles. The smallest absolute Gasteiger partial charge is 0.189 e. The molecule has 0 radical (unpaired) electrons. The first-order valence-corrected chi connectivity index (χ1v) is 10.5. The molecule has 0 heterocycles. The lowest BCUT2D eigenvalue weighted by Gasteiger charge is -2.15. The van der Waals surface area contributed by atoms with Crippen LogP contribution < -0.4 is 11.1 Å². The molecule has 0 bridgehead atoms. The van der Waals surface area contributed by atoms with Gasteiger partial charge in [0.25, 0.3) is 0 Å². The molecule has 24 heavy (non-hydrogen) atoms. The molecule has 0 saturated carbocycles. The van der Waals surface area contributed by atoms with E-state index in [4.69, 9.17) is 5.73 Å². The third-order valence-electron chi connectivity index (χ3n) is 3.77. The molecule has 0 fully saturated rings. The van der Waals surface area contributed by atoms with Crippen LogP contribution in [0.4, 0.5) is 0 Å². The summed E-state index contributed by atoms with van der Waals surface area (Å²) in [5.74, 6) is 1.15. The van der Waals surface area contributed by atoms with E-state index in [-0.39, 0.29) is 11.8 Å². The fourth-order valence-electron chi connectivity index (χ4n) is 2.51. The highest BCUT2D eigenvalue weighted by Gasteiger charge is 2.09. The van der Waals surface area contributed by atoms with Crippen LogP contribution in [0.2, 0.25) is 0 Å². The summed E-state index contributed by atoms with van der Waals surface area (Å²) < 4.78 is 23.0. The number of aliphatic imine (C=N–C) groups is 1. The van der Waals surface area contributed by atoms with Gasteiger partial charge in [-0.15, -0.1) is 0 Å². The zero-order valence-corrected chi connectivity index (χ0v) is 16.1. The fraction of sp³-hybridized carbons (Fsp3) is 0.611. The Morgan fingerprint density at radius 3 is 2.38 bits per heavy atom. The second kappa shape index (κ2) is 9.67. The molecule has 0 amide bonds. The third kappa shape index (κ3) is 8.91. The summed E-state index contributed by atoms with van der Waals surface area (Å²) in [6, 6.07) is 7.72. The minimum Gasteiger partial charge on any atom is -0.370 e. The van der Waals surface area contributed by atoms with Crippen LogP contribution >= 0.6 is 0 Å². The minimum atomic E-state index is -3.07. The highest BCUT2D eigenvalue weighted by atomic mass is 32.2. The maximum absolute atomic E-state index is 11.5. The van der Waals surface area contributed by atoms with E-state index in [1.807, 2.05) is 24.3 Å². The van der Waals surface area contributed by atoms with Gasteiger partial charge in [0.1, 0.15) is 0 Å². The van der Waals surface area contributed by atoms with Crippen molar-refractivity contribution >= 4 is 15.8 Å². The van der Waals surface area contributed by atoms with E-state index in [2.05, 4.69) is 31.1 Å². The van der Waals surface area contributed by atoms with Crippen LogP contribution in [0, 0.1) is 5.92 Å². The van der Waals surface area contributed by atoms with Crippen LogP contribution in [0.15, 0.2) is 29.3 Å². The normalized spacial score (nSPS) is 14.0. The van der Waals surface area contributed by atoms with Crippen molar-refractivity contribution in [2.24, 2.45) is 16.6 Å². The number of hydrogen-bond donors (Lipinski definition) is 2. The lowest BCUT2D eigenvalue weighted by atomic mass is 10.0. The largest absolute Gasteiger partial charge is 0.370 e. The van der Waals surface area contributed by atoms with Crippen molar-refractivity contribution in [2.45, 2.75) is 58.4 Å². The number of sulfone groups is 1. The molecule has 6 heteroatoms. The van der Waals surface area contributed by atoms with Crippen molar-refractivity contribution in [1.82, 2.24) is 5.32 Å². The minimum absolute atomic E-state index is 0.0254. The number of nitrogens with zero attached hydrogens (tertiary/aromatic N) is 1. The van der Waals surface area contributed by atoms with Gasteiger partial charge in [0, 0.05) is 12.3 Å². The molecule has 1 aromatic carbocycles.